The molecule has 0 aliphatic rings. The predicted molar refractivity (Wildman–Crippen MR) is 71.9 cm³/mol. The third-order valence-electron chi connectivity index (χ3n) is 2.35. The normalized spacial score (nSPS) is 10.9. The molecule has 0 unspecified atom stereocenters. The van der Waals surface area contributed by atoms with Gasteiger partial charge in [-0.1, -0.05) is 11.6 Å². The van der Waals surface area contributed by atoms with E-state index in [4.69, 9.17) is 10.3 Å². The van der Waals surface area contributed by atoms with Crippen molar-refractivity contribution in [3.8, 4) is 10.7 Å². The summed E-state index contributed by atoms with van der Waals surface area (Å²) < 4.78 is 6.26. The first-order valence-corrected chi connectivity index (χ1v) is 7.24. The van der Waals surface area contributed by atoms with Gasteiger partial charge >= 0.3 is 0 Å². The summed E-state index contributed by atoms with van der Waals surface area (Å²) in [6.07, 6.45) is 4.05. The van der Waals surface area contributed by atoms with Crippen molar-refractivity contribution < 1.29 is 4.52 Å². The smallest absolute Gasteiger partial charge is 0.226 e. The molecule has 0 atom stereocenters. The van der Waals surface area contributed by atoms with Crippen molar-refractivity contribution in [2.75, 3.05) is 6.54 Å². The summed E-state index contributed by atoms with van der Waals surface area (Å²) in [6, 6.07) is 1.99. The van der Waals surface area contributed by atoms with E-state index in [1.807, 2.05) is 11.4 Å². The van der Waals surface area contributed by atoms with E-state index in [0.717, 1.165) is 41.6 Å². The van der Waals surface area contributed by atoms with Gasteiger partial charge in [0.25, 0.3) is 0 Å². The Morgan fingerprint density at radius 2 is 2.24 bits per heavy atom. The zero-order valence-corrected chi connectivity index (χ0v) is 11.8. The van der Waals surface area contributed by atoms with Crippen LogP contribution in [0.4, 0.5) is 0 Å². The van der Waals surface area contributed by atoms with Gasteiger partial charge < -0.3 is 10.3 Å². The Morgan fingerprint density at radius 1 is 1.35 bits per heavy atom. The van der Waals surface area contributed by atoms with Crippen LogP contribution in [0.25, 0.3) is 10.7 Å². The van der Waals surface area contributed by atoms with E-state index in [1.165, 1.54) is 0 Å². The molecule has 4 nitrogen and oxygen atoms in total. The molecule has 0 aliphatic carbocycles. The molecular weight excluding hydrogens is 302 g/mol. The number of rotatable bonds is 6. The van der Waals surface area contributed by atoms with Crippen molar-refractivity contribution in [3.05, 3.63) is 21.8 Å². The number of aryl methyl sites for hydroxylation is 1. The fourth-order valence-electron chi connectivity index (χ4n) is 1.48. The Hall–Kier alpha value is -0.720. The molecule has 0 saturated heterocycles. The molecule has 0 fully saturated rings. The van der Waals surface area contributed by atoms with Gasteiger partial charge in [-0.3, -0.25) is 0 Å². The van der Waals surface area contributed by atoms with Crippen molar-refractivity contribution in [1.82, 2.24) is 10.1 Å². The lowest BCUT2D eigenvalue weighted by Crippen LogP contribution is -1.98. The van der Waals surface area contributed by atoms with Crippen LogP contribution in [0.5, 0.6) is 0 Å². The van der Waals surface area contributed by atoms with Crippen LogP contribution >= 0.6 is 27.3 Å². The Bertz CT molecular complexity index is 469. The van der Waals surface area contributed by atoms with Crippen LogP contribution in [0.3, 0.4) is 0 Å². The predicted octanol–water partition coefficient (Wildman–Crippen LogP) is 3.23. The Morgan fingerprint density at radius 3 is 2.94 bits per heavy atom. The molecule has 2 rings (SSSR count). The van der Waals surface area contributed by atoms with Gasteiger partial charge in [0.2, 0.25) is 11.7 Å². The maximum absolute atomic E-state index is 5.44. The van der Waals surface area contributed by atoms with Crippen molar-refractivity contribution in [2.24, 2.45) is 5.73 Å². The molecule has 0 bridgehead atoms. The average Bonchev–Trinajstić information content (AvgIpc) is 2.93. The van der Waals surface area contributed by atoms with Gasteiger partial charge in [-0.05, 0) is 41.4 Å². The molecule has 0 saturated carbocycles. The molecule has 2 aromatic heterocycles. The molecule has 0 radical (unpaired) electrons. The first-order chi connectivity index (χ1) is 8.29. The summed E-state index contributed by atoms with van der Waals surface area (Å²) in [5.74, 6) is 1.39. The standard InChI is InChI=1S/C11H14BrN3OS/c12-8-6-9(17-7-8)11-14-10(16-15-11)4-2-1-3-5-13/h6-7H,1-5,13H2. The lowest BCUT2D eigenvalue weighted by molar-refractivity contribution is 0.374. The lowest BCUT2D eigenvalue weighted by atomic mass is 10.2. The van der Waals surface area contributed by atoms with Crippen LogP contribution < -0.4 is 5.73 Å². The zero-order valence-electron chi connectivity index (χ0n) is 9.36. The number of hydrogen-bond donors (Lipinski definition) is 1. The van der Waals surface area contributed by atoms with Gasteiger partial charge in [-0.2, -0.15) is 4.98 Å². The Kier molecular flexibility index (Phi) is 4.70. The van der Waals surface area contributed by atoms with Crippen LogP contribution in [0, 0.1) is 0 Å². The van der Waals surface area contributed by atoms with E-state index in [2.05, 4.69) is 26.1 Å². The highest BCUT2D eigenvalue weighted by Gasteiger charge is 2.10. The molecule has 2 heterocycles. The molecule has 2 aromatic rings. The van der Waals surface area contributed by atoms with Gasteiger partial charge in [0.1, 0.15) is 0 Å². The molecule has 2 N–H and O–H groups in total. The molecule has 0 aromatic carbocycles. The maximum Gasteiger partial charge on any atom is 0.226 e. The van der Waals surface area contributed by atoms with Crippen molar-refractivity contribution in [1.29, 1.82) is 0 Å². The largest absolute Gasteiger partial charge is 0.339 e. The first kappa shape index (κ1) is 12.7. The maximum atomic E-state index is 5.44. The number of nitrogens with zero attached hydrogens (tertiary/aromatic N) is 2. The fraction of sp³-hybridized carbons (Fsp3) is 0.455. The number of hydrogen-bond acceptors (Lipinski definition) is 5. The molecule has 92 valence electrons. The number of unbranched alkanes of at least 4 members (excludes halogenated alkanes) is 2. The van der Waals surface area contributed by atoms with Crippen molar-refractivity contribution in [2.45, 2.75) is 25.7 Å². The highest BCUT2D eigenvalue weighted by atomic mass is 79.9. The van der Waals surface area contributed by atoms with Crippen LogP contribution in [-0.2, 0) is 6.42 Å². The molecule has 6 heteroatoms. The van der Waals surface area contributed by atoms with Gasteiger partial charge in [0, 0.05) is 16.3 Å². The molecule has 0 aliphatic heterocycles. The Balaban J connectivity index is 1.92. The summed E-state index contributed by atoms with van der Waals surface area (Å²) in [4.78, 5) is 5.39. The third kappa shape index (κ3) is 3.62. The van der Waals surface area contributed by atoms with Gasteiger partial charge in [0.15, 0.2) is 0 Å². The molecule has 0 spiro atoms. The van der Waals surface area contributed by atoms with Crippen molar-refractivity contribution >= 4 is 27.3 Å². The monoisotopic (exact) mass is 315 g/mol. The van der Waals surface area contributed by atoms with Crippen LogP contribution in [0.15, 0.2) is 20.4 Å². The minimum absolute atomic E-state index is 0.675. The average molecular weight is 316 g/mol. The number of nitrogens with two attached hydrogens (primary N) is 1. The highest BCUT2D eigenvalue weighted by Crippen LogP contribution is 2.27. The second-order valence-electron chi connectivity index (χ2n) is 3.74. The summed E-state index contributed by atoms with van der Waals surface area (Å²) in [7, 11) is 0. The fourth-order valence-corrected chi connectivity index (χ4v) is 2.84. The molecular formula is C11H14BrN3OS. The number of thiophene rings is 1. The van der Waals surface area contributed by atoms with E-state index < -0.39 is 0 Å². The zero-order chi connectivity index (χ0) is 12.1. The second-order valence-corrected chi connectivity index (χ2v) is 5.57. The quantitative estimate of drug-likeness (QED) is 0.831. The van der Waals surface area contributed by atoms with Crippen LogP contribution in [-0.4, -0.2) is 16.7 Å². The van der Waals surface area contributed by atoms with E-state index in [-0.39, 0.29) is 0 Å². The lowest BCUT2D eigenvalue weighted by Gasteiger charge is -1.93. The minimum Gasteiger partial charge on any atom is -0.339 e. The highest BCUT2D eigenvalue weighted by molar-refractivity contribution is 9.10. The number of halogens is 1. The topological polar surface area (TPSA) is 64.9 Å². The SMILES string of the molecule is NCCCCCc1nc(-c2cc(Br)cs2)no1. The Labute approximate surface area is 112 Å². The number of aromatic nitrogens is 2. The van der Waals surface area contributed by atoms with Gasteiger partial charge in [-0.25, -0.2) is 0 Å². The van der Waals surface area contributed by atoms with E-state index in [1.54, 1.807) is 11.3 Å². The summed E-state index contributed by atoms with van der Waals surface area (Å²) in [5.41, 5.74) is 5.44. The second kappa shape index (κ2) is 6.28. The van der Waals surface area contributed by atoms with Crippen molar-refractivity contribution in [3.63, 3.8) is 0 Å². The summed E-state index contributed by atoms with van der Waals surface area (Å²) in [5, 5.41) is 5.98. The van der Waals surface area contributed by atoms with Crippen LogP contribution in [0.2, 0.25) is 0 Å². The molecule has 0 amide bonds. The summed E-state index contributed by atoms with van der Waals surface area (Å²) in [6.45, 7) is 0.748. The van der Waals surface area contributed by atoms with E-state index >= 15 is 0 Å². The van der Waals surface area contributed by atoms with E-state index in [9.17, 15) is 0 Å². The third-order valence-corrected chi connectivity index (χ3v) is 4.04. The summed E-state index contributed by atoms with van der Waals surface area (Å²) >= 11 is 5.01. The van der Waals surface area contributed by atoms with Gasteiger partial charge in [-0.15, -0.1) is 11.3 Å². The van der Waals surface area contributed by atoms with Gasteiger partial charge in [0.05, 0.1) is 4.88 Å². The first-order valence-electron chi connectivity index (χ1n) is 5.56. The van der Waals surface area contributed by atoms with E-state index in [0.29, 0.717) is 11.7 Å². The van der Waals surface area contributed by atoms with Crippen LogP contribution in [0.1, 0.15) is 25.2 Å². The minimum atomic E-state index is 0.675. The molecule has 17 heavy (non-hydrogen) atoms.